The molecule has 1 aliphatic heterocycles. The zero-order valence-corrected chi connectivity index (χ0v) is 14.0. The molecule has 0 bridgehead atoms. The molecular weight excluding hydrogens is 327 g/mol. The zero-order chi connectivity index (χ0) is 16.1. The van der Waals surface area contributed by atoms with E-state index >= 15 is 0 Å². The van der Waals surface area contributed by atoms with Crippen LogP contribution in [0, 0.1) is 0 Å². The molecule has 1 saturated heterocycles. The van der Waals surface area contributed by atoms with Crippen molar-refractivity contribution in [3.63, 3.8) is 0 Å². The Kier molecular flexibility index (Phi) is 6.32. The lowest BCUT2D eigenvalue weighted by atomic mass is 10.1. The molecule has 1 aliphatic rings. The first-order valence-corrected chi connectivity index (χ1v) is 8.01. The highest BCUT2D eigenvalue weighted by Gasteiger charge is 2.20. The van der Waals surface area contributed by atoms with Gasteiger partial charge in [-0.1, -0.05) is 23.2 Å². The van der Waals surface area contributed by atoms with Gasteiger partial charge in [0.05, 0.1) is 35.6 Å². The lowest BCUT2D eigenvalue weighted by Crippen LogP contribution is -2.36. The smallest absolute Gasteiger partial charge is 0.323 e. The van der Waals surface area contributed by atoms with E-state index < -0.39 is 12.0 Å². The minimum absolute atomic E-state index is 0.310. The number of nitrogens with two attached hydrogens (primary N) is 1. The fourth-order valence-electron chi connectivity index (χ4n) is 2.41. The van der Waals surface area contributed by atoms with Crippen molar-refractivity contribution in [3.05, 3.63) is 27.7 Å². The molecule has 0 saturated carbocycles. The predicted molar refractivity (Wildman–Crippen MR) is 87.8 cm³/mol. The van der Waals surface area contributed by atoms with E-state index in [2.05, 4.69) is 4.90 Å². The van der Waals surface area contributed by atoms with Crippen LogP contribution in [-0.2, 0) is 20.7 Å². The molecule has 5 nitrogen and oxygen atoms in total. The highest BCUT2D eigenvalue weighted by Crippen LogP contribution is 2.35. The van der Waals surface area contributed by atoms with Crippen LogP contribution in [-0.4, -0.2) is 44.9 Å². The van der Waals surface area contributed by atoms with Crippen LogP contribution in [0.25, 0.3) is 0 Å². The zero-order valence-electron chi connectivity index (χ0n) is 12.5. The number of hydrogen-bond acceptors (Lipinski definition) is 5. The normalized spacial score (nSPS) is 16.5. The number of nitrogens with zero attached hydrogens (tertiary/aromatic N) is 1. The van der Waals surface area contributed by atoms with E-state index in [9.17, 15) is 4.79 Å². The molecule has 7 heteroatoms. The first kappa shape index (κ1) is 17.3. The molecule has 1 heterocycles. The molecule has 0 radical (unpaired) electrons. The molecule has 1 fully saturated rings. The molecular formula is C15H20Cl2N2O3. The molecule has 2 N–H and O–H groups in total. The molecule has 1 atom stereocenters. The quantitative estimate of drug-likeness (QED) is 0.828. The van der Waals surface area contributed by atoms with Crippen molar-refractivity contribution < 1.29 is 14.3 Å². The van der Waals surface area contributed by atoms with Crippen LogP contribution in [0.2, 0.25) is 10.0 Å². The maximum Gasteiger partial charge on any atom is 0.323 e. The third kappa shape index (κ3) is 4.26. The number of anilines is 1. The number of halogens is 2. The third-order valence-electron chi connectivity index (χ3n) is 3.45. The minimum atomic E-state index is -0.721. The number of hydrogen-bond donors (Lipinski definition) is 1. The fourth-order valence-corrected chi connectivity index (χ4v) is 3.18. The fraction of sp³-hybridized carbons (Fsp3) is 0.533. The maximum atomic E-state index is 11.6. The number of carbonyl (C=O) groups is 1. The van der Waals surface area contributed by atoms with Crippen LogP contribution in [0.3, 0.4) is 0 Å². The Morgan fingerprint density at radius 2 is 1.95 bits per heavy atom. The van der Waals surface area contributed by atoms with Gasteiger partial charge in [0, 0.05) is 13.1 Å². The van der Waals surface area contributed by atoms with E-state index in [1.54, 1.807) is 19.1 Å². The average molecular weight is 347 g/mol. The molecule has 1 aromatic carbocycles. The van der Waals surface area contributed by atoms with Crippen molar-refractivity contribution in [1.29, 1.82) is 0 Å². The lowest BCUT2D eigenvalue weighted by molar-refractivity contribution is -0.144. The Morgan fingerprint density at radius 1 is 1.36 bits per heavy atom. The monoisotopic (exact) mass is 346 g/mol. The van der Waals surface area contributed by atoms with Gasteiger partial charge in [-0.05, 0) is 31.0 Å². The van der Waals surface area contributed by atoms with Crippen LogP contribution in [0.5, 0.6) is 0 Å². The second-order valence-electron chi connectivity index (χ2n) is 5.07. The summed E-state index contributed by atoms with van der Waals surface area (Å²) >= 11 is 12.7. The molecule has 0 spiro atoms. The van der Waals surface area contributed by atoms with Gasteiger partial charge in [-0.2, -0.15) is 0 Å². The van der Waals surface area contributed by atoms with Crippen LogP contribution in [0.4, 0.5) is 5.69 Å². The van der Waals surface area contributed by atoms with Gasteiger partial charge in [0.25, 0.3) is 0 Å². The van der Waals surface area contributed by atoms with Crippen molar-refractivity contribution >= 4 is 34.9 Å². The SMILES string of the molecule is CCOC(=O)C(N)Cc1cc(Cl)c(N2CCOCC2)c(Cl)c1. The molecule has 0 amide bonds. The van der Waals surface area contributed by atoms with Gasteiger partial charge in [0.15, 0.2) is 0 Å². The van der Waals surface area contributed by atoms with Gasteiger partial charge in [0.2, 0.25) is 0 Å². The summed E-state index contributed by atoms with van der Waals surface area (Å²) in [5.41, 5.74) is 7.45. The Balaban J connectivity index is 2.13. The van der Waals surface area contributed by atoms with Crippen LogP contribution in [0.15, 0.2) is 12.1 Å². The summed E-state index contributed by atoms with van der Waals surface area (Å²) in [6, 6.07) is 2.88. The van der Waals surface area contributed by atoms with Crippen molar-refractivity contribution in [3.8, 4) is 0 Å². The lowest BCUT2D eigenvalue weighted by Gasteiger charge is -2.30. The van der Waals surface area contributed by atoms with Gasteiger partial charge in [-0.15, -0.1) is 0 Å². The van der Waals surface area contributed by atoms with Crippen molar-refractivity contribution in [2.24, 2.45) is 5.73 Å². The molecule has 0 aliphatic carbocycles. The van der Waals surface area contributed by atoms with E-state index in [0.29, 0.717) is 36.3 Å². The Hall–Kier alpha value is -1.01. The van der Waals surface area contributed by atoms with E-state index in [1.807, 2.05) is 0 Å². The van der Waals surface area contributed by atoms with E-state index in [4.69, 9.17) is 38.4 Å². The standard InChI is InChI=1S/C15H20Cl2N2O3/c1-2-22-15(20)13(18)9-10-7-11(16)14(12(17)8-10)19-3-5-21-6-4-19/h7-8,13H,2-6,9,18H2,1H3. The second kappa shape index (κ2) is 8.02. The molecule has 1 unspecified atom stereocenters. The van der Waals surface area contributed by atoms with Gasteiger partial charge in [-0.25, -0.2) is 0 Å². The third-order valence-corrected chi connectivity index (χ3v) is 4.03. The summed E-state index contributed by atoms with van der Waals surface area (Å²) in [5, 5.41) is 1.11. The summed E-state index contributed by atoms with van der Waals surface area (Å²) in [4.78, 5) is 13.7. The maximum absolute atomic E-state index is 11.6. The largest absolute Gasteiger partial charge is 0.465 e. The van der Waals surface area contributed by atoms with Crippen molar-refractivity contribution in [2.45, 2.75) is 19.4 Å². The van der Waals surface area contributed by atoms with Crippen LogP contribution < -0.4 is 10.6 Å². The number of morpholine rings is 1. The predicted octanol–water partition coefficient (Wildman–Crippen LogP) is 2.26. The number of benzene rings is 1. The Bertz CT molecular complexity index is 511. The summed E-state index contributed by atoms with van der Waals surface area (Å²) < 4.78 is 10.2. The van der Waals surface area contributed by atoms with Crippen LogP contribution in [0.1, 0.15) is 12.5 Å². The first-order chi connectivity index (χ1) is 10.5. The molecule has 1 aromatic rings. The van der Waals surface area contributed by atoms with Gasteiger partial charge in [0.1, 0.15) is 6.04 Å². The molecule has 22 heavy (non-hydrogen) atoms. The molecule has 122 valence electrons. The Labute approximate surface area is 140 Å². The topological polar surface area (TPSA) is 64.8 Å². The minimum Gasteiger partial charge on any atom is -0.465 e. The van der Waals surface area contributed by atoms with E-state index in [0.717, 1.165) is 24.3 Å². The summed E-state index contributed by atoms with van der Waals surface area (Å²) in [5.74, 6) is -0.424. The second-order valence-corrected chi connectivity index (χ2v) is 5.88. The number of carbonyl (C=O) groups excluding carboxylic acids is 1. The number of esters is 1. The summed E-state index contributed by atoms with van der Waals surface area (Å²) in [7, 11) is 0. The highest BCUT2D eigenvalue weighted by molar-refractivity contribution is 6.39. The average Bonchev–Trinajstić information content (AvgIpc) is 2.47. The van der Waals surface area contributed by atoms with Crippen molar-refractivity contribution in [2.75, 3.05) is 37.8 Å². The number of rotatable bonds is 5. The van der Waals surface area contributed by atoms with Gasteiger partial charge >= 0.3 is 5.97 Å². The molecule has 0 aromatic heterocycles. The van der Waals surface area contributed by atoms with Gasteiger partial charge < -0.3 is 20.1 Å². The van der Waals surface area contributed by atoms with Crippen LogP contribution >= 0.6 is 23.2 Å². The summed E-state index contributed by atoms with van der Waals surface area (Å²) in [6.45, 7) is 4.87. The van der Waals surface area contributed by atoms with Gasteiger partial charge in [-0.3, -0.25) is 4.79 Å². The van der Waals surface area contributed by atoms with Crippen molar-refractivity contribution in [1.82, 2.24) is 0 Å². The number of ether oxygens (including phenoxy) is 2. The first-order valence-electron chi connectivity index (χ1n) is 7.25. The highest BCUT2D eigenvalue weighted by atomic mass is 35.5. The molecule has 2 rings (SSSR count). The van der Waals surface area contributed by atoms with E-state index in [-0.39, 0.29) is 0 Å². The van der Waals surface area contributed by atoms with E-state index in [1.165, 1.54) is 0 Å². The summed E-state index contributed by atoms with van der Waals surface area (Å²) in [6.07, 6.45) is 0.335. The Morgan fingerprint density at radius 3 is 2.50 bits per heavy atom.